The highest BCUT2D eigenvalue weighted by molar-refractivity contribution is 7.98. The van der Waals surface area contributed by atoms with Gasteiger partial charge < -0.3 is 14.8 Å². The SMILES string of the molecule is COc1ccc(C(=O)Nc2ccc(SC)cc2)cc1S(=O)(=O)N1CCOCC1. The van der Waals surface area contributed by atoms with E-state index in [9.17, 15) is 13.2 Å². The van der Waals surface area contributed by atoms with E-state index in [-0.39, 0.29) is 29.3 Å². The van der Waals surface area contributed by atoms with Gasteiger partial charge in [-0.2, -0.15) is 4.31 Å². The summed E-state index contributed by atoms with van der Waals surface area (Å²) in [6.07, 6.45) is 1.97. The van der Waals surface area contributed by atoms with Gasteiger partial charge in [-0.15, -0.1) is 11.8 Å². The fraction of sp³-hybridized carbons (Fsp3) is 0.316. The summed E-state index contributed by atoms with van der Waals surface area (Å²) in [7, 11) is -2.39. The third-order valence-corrected chi connectivity index (χ3v) is 7.02. The maximum Gasteiger partial charge on any atom is 0.255 e. The molecule has 0 unspecified atom stereocenters. The van der Waals surface area contributed by atoms with E-state index < -0.39 is 15.9 Å². The van der Waals surface area contributed by atoms with Crippen LogP contribution in [-0.4, -0.2) is 58.3 Å². The Kier molecular flexibility index (Phi) is 6.61. The molecule has 28 heavy (non-hydrogen) atoms. The first-order chi connectivity index (χ1) is 13.5. The standard InChI is InChI=1S/C19H22N2O5S2/c1-25-17-8-3-14(19(22)20-15-4-6-16(27-2)7-5-15)13-18(17)28(23,24)21-9-11-26-12-10-21/h3-8,13H,9-12H2,1-2H3,(H,20,22). The van der Waals surface area contributed by atoms with Crippen molar-refractivity contribution < 1.29 is 22.7 Å². The van der Waals surface area contributed by atoms with Gasteiger partial charge in [0.2, 0.25) is 10.0 Å². The molecule has 9 heteroatoms. The number of nitrogens with zero attached hydrogens (tertiary/aromatic N) is 1. The number of methoxy groups -OCH3 is 1. The van der Waals surface area contributed by atoms with Gasteiger partial charge in [0.15, 0.2) is 0 Å². The van der Waals surface area contributed by atoms with Crippen molar-refractivity contribution in [3.8, 4) is 5.75 Å². The molecule has 1 aliphatic heterocycles. The van der Waals surface area contributed by atoms with Gasteiger partial charge >= 0.3 is 0 Å². The van der Waals surface area contributed by atoms with Crippen molar-refractivity contribution in [2.75, 3.05) is 45.0 Å². The van der Waals surface area contributed by atoms with E-state index in [1.54, 1.807) is 30.0 Å². The first-order valence-electron chi connectivity index (χ1n) is 8.67. The van der Waals surface area contributed by atoms with Crippen LogP contribution in [0.1, 0.15) is 10.4 Å². The van der Waals surface area contributed by atoms with Crippen LogP contribution in [-0.2, 0) is 14.8 Å². The topological polar surface area (TPSA) is 84.9 Å². The molecule has 0 radical (unpaired) electrons. The Balaban J connectivity index is 1.88. The maximum atomic E-state index is 13.0. The Labute approximate surface area is 169 Å². The van der Waals surface area contributed by atoms with Gasteiger partial charge in [-0.1, -0.05) is 0 Å². The summed E-state index contributed by atoms with van der Waals surface area (Å²) in [4.78, 5) is 13.7. The van der Waals surface area contributed by atoms with E-state index in [0.29, 0.717) is 18.9 Å². The number of carbonyl (C=O) groups excluding carboxylic acids is 1. The minimum atomic E-state index is -3.80. The third kappa shape index (κ3) is 4.49. The highest BCUT2D eigenvalue weighted by Gasteiger charge is 2.30. The van der Waals surface area contributed by atoms with Crippen molar-refractivity contribution in [2.45, 2.75) is 9.79 Å². The van der Waals surface area contributed by atoms with Crippen LogP contribution in [0.2, 0.25) is 0 Å². The average molecular weight is 423 g/mol. The van der Waals surface area contributed by atoms with Gasteiger partial charge in [-0.3, -0.25) is 4.79 Å². The van der Waals surface area contributed by atoms with Gasteiger partial charge in [0.1, 0.15) is 10.6 Å². The highest BCUT2D eigenvalue weighted by atomic mass is 32.2. The Morgan fingerprint density at radius 1 is 1.14 bits per heavy atom. The fourth-order valence-electron chi connectivity index (χ4n) is 2.82. The number of morpholine rings is 1. The second kappa shape index (κ2) is 8.95. The van der Waals surface area contributed by atoms with Gasteiger partial charge in [0.25, 0.3) is 5.91 Å². The molecule has 1 fully saturated rings. The number of benzene rings is 2. The van der Waals surface area contributed by atoms with Crippen molar-refractivity contribution in [2.24, 2.45) is 0 Å². The highest BCUT2D eigenvalue weighted by Crippen LogP contribution is 2.29. The average Bonchev–Trinajstić information content (AvgIpc) is 2.74. The van der Waals surface area contributed by atoms with Crippen molar-refractivity contribution >= 4 is 33.4 Å². The van der Waals surface area contributed by atoms with Crippen LogP contribution in [0.5, 0.6) is 5.75 Å². The molecule has 1 saturated heterocycles. The first kappa shape index (κ1) is 20.7. The molecule has 3 rings (SSSR count). The minimum Gasteiger partial charge on any atom is -0.495 e. The van der Waals surface area contributed by atoms with E-state index in [4.69, 9.17) is 9.47 Å². The monoisotopic (exact) mass is 422 g/mol. The number of thioether (sulfide) groups is 1. The fourth-order valence-corrected chi connectivity index (χ4v) is 4.82. The molecule has 7 nitrogen and oxygen atoms in total. The Hall–Kier alpha value is -2.07. The van der Waals surface area contributed by atoms with Crippen molar-refractivity contribution in [1.82, 2.24) is 4.31 Å². The molecular weight excluding hydrogens is 400 g/mol. The zero-order chi connectivity index (χ0) is 20.1. The number of anilines is 1. The van der Waals surface area contributed by atoms with Crippen LogP contribution in [0.15, 0.2) is 52.3 Å². The molecule has 1 heterocycles. The molecule has 0 bridgehead atoms. The third-order valence-electron chi connectivity index (χ3n) is 4.36. The molecule has 2 aromatic carbocycles. The number of ether oxygens (including phenoxy) is 2. The summed E-state index contributed by atoms with van der Waals surface area (Å²) in [5.74, 6) is -0.189. The molecule has 0 aromatic heterocycles. The Bertz CT molecular complexity index is 939. The molecule has 1 amide bonds. The van der Waals surface area contributed by atoms with Crippen LogP contribution < -0.4 is 10.1 Å². The largest absolute Gasteiger partial charge is 0.495 e. The second-order valence-electron chi connectivity index (χ2n) is 6.06. The molecule has 0 saturated carbocycles. The first-order valence-corrected chi connectivity index (χ1v) is 11.3. The molecule has 150 valence electrons. The number of nitrogens with one attached hydrogen (secondary N) is 1. The molecule has 1 N–H and O–H groups in total. The van der Waals surface area contributed by atoms with E-state index in [1.165, 1.54) is 23.5 Å². The molecule has 0 spiro atoms. The predicted molar refractivity (Wildman–Crippen MR) is 109 cm³/mol. The lowest BCUT2D eigenvalue weighted by atomic mass is 10.2. The quantitative estimate of drug-likeness (QED) is 0.721. The normalized spacial score (nSPS) is 15.2. The van der Waals surface area contributed by atoms with Crippen LogP contribution in [0.4, 0.5) is 5.69 Å². The number of sulfonamides is 1. The number of hydrogen-bond acceptors (Lipinski definition) is 6. The molecule has 0 aliphatic carbocycles. The van der Waals surface area contributed by atoms with E-state index in [1.807, 2.05) is 18.4 Å². The van der Waals surface area contributed by atoms with E-state index in [0.717, 1.165) is 4.90 Å². The summed E-state index contributed by atoms with van der Waals surface area (Å²) in [6, 6.07) is 11.8. The van der Waals surface area contributed by atoms with Crippen molar-refractivity contribution in [3.63, 3.8) is 0 Å². The van der Waals surface area contributed by atoms with Crippen LogP contribution in [0, 0.1) is 0 Å². The Morgan fingerprint density at radius 3 is 2.43 bits per heavy atom. The van der Waals surface area contributed by atoms with Crippen LogP contribution in [0.3, 0.4) is 0 Å². The van der Waals surface area contributed by atoms with Crippen molar-refractivity contribution in [3.05, 3.63) is 48.0 Å². The zero-order valence-corrected chi connectivity index (χ0v) is 17.3. The smallest absolute Gasteiger partial charge is 0.255 e. The maximum absolute atomic E-state index is 13.0. The Morgan fingerprint density at radius 2 is 1.82 bits per heavy atom. The lowest BCUT2D eigenvalue weighted by Gasteiger charge is -2.26. The molecular formula is C19H22N2O5S2. The van der Waals surface area contributed by atoms with Crippen molar-refractivity contribution in [1.29, 1.82) is 0 Å². The summed E-state index contributed by atoms with van der Waals surface area (Å²) >= 11 is 1.61. The summed E-state index contributed by atoms with van der Waals surface area (Å²) in [5, 5.41) is 2.79. The molecule has 1 aliphatic rings. The summed E-state index contributed by atoms with van der Waals surface area (Å²) in [5.41, 5.74) is 0.873. The lowest BCUT2D eigenvalue weighted by molar-refractivity contribution is 0.0729. The number of carbonyl (C=O) groups is 1. The van der Waals surface area contributed by atoms with E-state index in [2.05, 4.69) is 5.32 Å². The zero-order valence-electron chi connectivity index (χ0n) is 15.7. The lowest BCUT2D eigenvalue weighted by Crippen LogP contribution is -2.40. The van der Waals surface area contributed by atoms with Crippen LogP contribution >= 0.6 is 11.8 Å². The molecule has 2 aromatic rings. The summed E-state index contributed by atoms with van der Waals surface area (Å²) < 4.78 is 37.9. The molecule has 0 atom stereocenters. The second-order valence-corrected chi connectivity index (χ2v) is 8.85. The predicted octanol–water partition coefficient (Wildman–Crippen LogP) is 2.69. The number of rotatable bonds is 6. The van der Waals surface area contributed by atoms with Crippen LogP contribution in [0.25, 0.3) is 0 Å². The minimum absolute atomic E-state index is 0.0257. The van der Waals surface area contributed by atoms with Gasteiger partial charge in [0, 0.05) is 29.2 Å². The van der Waals surface area contributed by atoms with Gasteiger partial charge in [-0.05, 0) is 48.7 Å². The van der Waals surface area contributed by atoms with Gasteiger partial charge in [-0.25, -0.2) is 8.42 Å². The summed E-state index contributed by atoms with van der Waals surface area (Å²) in [6.45, 7) is 1.22. The number of amides is 1. The number of hydrogen-bond donors (Lipinski definition) is 1. The van der Waals surface area contributed by atoms with E-state index >= 15 is 0 Å². The van der Waals surface area contributed by atoms with Gasteiger partial charge in [0.05, 0.1) is 20.3 Å².